The highest BCUT2D eigenvalue weighted by Crippen LogP contribution is 2.23. The maximum Gasteiger partial charge on any atom is 0.0155 e. The quantitative estimate of drug-likeness (QED) is 0.661. The van der Waals surface area contributed by atoms with Gasteiger partial charge in [-0.1, -0.05) is 23.8 Å². The van der Waals surface area contributed by atoms with Gasteiger partial charge >= 0.3 is 0 Å². The molecule has 1 nitrogen and oxygen atoms in total. The molecule has 2 rings (SSSR count). The molecule has 1 aliphatic carbocycles. The molecule has 0 radical (unpaired) electrons. The molecule has 62 valence electrons. The van der Waals surface area contributed by atoms with E-state index >= 15 is 0 Å². The van der Waals surface area contributed by atoms with Crippen molar-refractivity contribution in [3.8, 4) is 0 Å². The predicted molar refractivity (Wildman–Crippen MR) is 51.9 cm³/mol. The first-order valence-corrected chi connectivity index (χ1v) is 4.27. The maximum absolute atomic E-state index is 3.19. The van der Waals surface area contributed by atoms with Crippen LogP contribution in [0.25, 0.3) is 6.08 Å². The second-order valence-electron chi connectivity index (χ2n) is 3.30. The summed E-state index contributed by atoms with van der Waals surface area (Å²) in [5.74, 6) is 0. The molecule has 1 heteroatoms. The van der Waals surface area contributed by atoms with Crippen LogP contribution in [0.5, 0.6) is 0 Å². The number of hydrogen-bond donors (Lipinski definition) is 1. The zero-order chi connectivity index (χ0) is 8.55. The second-order valence-corrected chi connectivity index (χ2v) is 3.30. The standard InChI is InChI=1S/C11H13N/c1-8-3-4-9-6-11(12-2)7-10(9)5-8/h3-6,12H,7H2,1-2H3. The van der Waals surface area contributed by atoms with Gasteiger partial charge in [-0.25, -0.2) is 0 Å². The second kappa shape index (κ2) is 2.67. The molecule has 0 unspecified atom stereocenters. The number of allylic oxidation sites excluding steroid dienone is 1. The predicted octanol–water partition coefficient (Wildman–Crippen LogP) is 2.11. The van der Waals surface area contributed by atoms with E-state index < -0.39 is 0 Å². The van der Waals surface area contributed by atoms with Gasteiger partial charge in [0.05, 0.1) is 0 Å². The zero-order valence-corrected chi connectivity index (χ0v) is 7.52. The maximum atomic E-state index is 3.19. The SMILES string of the molecule is CNC1=Cc2ccc(C)cc2C1. The molecule has 0 aromatic heterocycles. The lowest BCUT2D eigenvalue weighted by molar-refractivity contribution is 0.948. The van der Waals surface area contributed by atoms with E-state index in [1.807, 2.05) is 7.05 Å². The minimum Gasteiger partial charge on any atom is -0.391 e. The first kappa shape index (κ1) is 7.41. The number of nitrogens with one attached hydrogen (secondary N) is 1. The van der Waals surface area contributed by atoms with E-state index in [1.165, 1.54) is 22.4 Å². The van der Waals surface area contributed by atoms with E-state index in [9.17, 15) is 0 Å². The van der Waals surface area contributed by atoms with Crippen LogP contribution in [0.15, 0.2) is 23.9 Å². The van der Waals surface area contributed by atoms with Crippen molar-refractivity contribution in [3.63, 3.8) is 0 Å². The van der Waals surface area contributed by atoms with Gasteiger partial charge < -0.3 is 5.32 Å². The molecule has 1 N–H and O–H groups in total. The first-order chi connectivity index (χ1) is 5.79. The van der Waals surface area contributed by atoms with E-state index in [2.05, 4.69) is 36.5 Å². The Kier molecular flexibility index (Phi) is 1.65. The molecule has 0 saturated carbocycles. The Bertz CT molecular complexity index is 337. The van der Waals surface area contributed by atoms with Crippen molar-refractivity contribution in [1.82, 2.24) is 5.32 Å². The summed E-state index contributed by atoms with van der Waals surface area (Å²) in [6.45, 7) is 2.14. The Hall–Kier alpha value is -1.24. The van der Waals surface area contributed by atoms with Crippen molar-refractivity contribution < 1.29 is 0 Å². The lowest BCUT2D eigenvalue weighted by Gasteiger charge is -2.00. The summed E-state index contributed by atoms with van der Waals surface area (Å²) in [4.78, 5) is 0. The fourth-order valence-electron chi connectivity index (χ4n) is 1.63. The van der Waals surface area contributed by atoms with Gasteiger partial charge in [0, 0.05) is 19.2 Å². The van der Waals surface area contributed by atoms with Crippen LogP contribution in [0, 0.1) is 6.92 Å². The van der Waals surface area contributed by atoms with E-state index in [0.717, 1.165) is 6.42 Å². The Morgan fingerprint density at radius 2 is 2.17 bits per heavy atom. The lowest BCUT2D eigenvalue weighted by Crippen LogP contribution is -2.04. The molecular formula is C11H13N. The molecule has 1 aliphatic rings. The number of aryl methyl sites for hydroxylation is 1. The minimum atomic E-state index is 1.06. The van der Waals surface area contributed by atoms with Crippen LogP contribution in [-0.2, 0) is 6.42 Å². The van der Waals surface area contributed by atoms with Crippen LogP contribution >= 0.6 is 0 Å². The molecule has 0 spiro atoms. The third-order valence-electron chi connectivity index (χ3n) is 2.33. The van der Waals surface area contributed by atoms with Gasteiger partial charge in [-0.3, -0.25) is 0 Å². The molecule has 0 amide bonds. The Balaban J connectivity index is 2.40. The summed E-state index contributed by atoms with van der Waals surface area (Å²) in [5, 5.41) is 3.19. The number of fused-ring (bicyclic) bond motifs is 1. The van der Waals surface area contributed by atoms with Gasteiger partial charge in [-0.05, 0) is 24.1 Å². The Morgan fingerprint density at radius 1 is 1.33 bits per heavy atom. The monoisotopic (exact) mass is 159 g/mol. The number of rotatable bonds is 1. The van der Waals surface area contributed by atoms with Crippen molar-refractivity contribution in [3.05, 3.63) is 40.6 Å². The van der Waals surface area contributed by atoms with Crippen molar-refractivity contribution in [2.24, 2.45) is 0 Å². The average Bonchev–Trinajstić information content (AvgIpc) is 2.46. The van der Waals surface area contributed by atoms with Gasteiger partial charge in [0.1, 0.15) is 0 Å². The van der Waals surface area contributed by atoms with Crippen LogP contribution in [0.1, 0.15) is 16.7 Å². The average molecular weight is 159 g/mol. The highest BCUT2D eigenvalue weighted by molar-refractivity contribution is 5.63. The van der Waals surface area contributed by atoms with Crippen LogP contribution in [0.2, 0.25) is 0 Å². The fourth-order valence-corrected chi connectivity index (χ4v) is 1.63. The smallest absolute Gasteiger partial charge is 0.0155 e. The molecule has 0 atom stereocenters. The number of likely N-dealkylation sites (N-methyl/N-ethyl adjacent to an activating group) is 1. The van der Waals surface area contributed by atoms with E-state index in [0.29, 0.717) is 0 Å². The summed E-state index contributed by atoms with van der Waals surface area (Å²) in [6.07, 6.45) is 3.28. The van der Waals surface area contributed by atoms with Crippen LogP contribution in [-0.4, -0.2) is 7.05 Å². The van der Waals surface area contributed by atoms with Gasteiger partial charge in [-0.2, -0.15) is 0 Å². The van der Waals surface area contributed by atoms with Crippen LogP contribution in [0.4, 0.5) is 0 Å². The number of hydrogen-bond acceptors (Lipinski definition) is 1. The summed E-state index contributed by atoms with van der Waals surface area (Å²) >= 11 is 0. The zero-order valence-electron chi connectivity index (χ0n) is 7.52. The molecule has 0 aliphatic heterocycles. The Labute approximate surface area is 73.1 Å². The third kappa shape index (κ3) is 1.11. The summed E-state index contributed by atoms with van der Waals surface area (Å²) in [7, 11) is 1.98. The van der Waals surface area contributed by atoms with Gasteiger partial charge in [0.15, 0.2) is 0 Å². The topological polar surface area (TPSA) is 12.0 Å². The van der Waals surface area contributed by atoms with Crippen molar-refractivity contribution in [2.45, 2.75) is 13.3 Å². The molecule has 0 bridgehead atoms. The van der Waals surface area contributed by atoms with E-state index in [4.69, 9.17) is 0 Å². The fraction of sp³-hybridized carbons (Fsp3) is 0.273. The largest absolute Gasteiger partial charge is 0.391 e. The molecular weight excluding hydrogens is 146 g/mol. The van der Waals surface area contributed by atoms with E-state index in [1.54, 1.807) is 0 Å². The van der Waals surface area contributed by atoms with Crippen LogP contribution < -0.4 is 5.32 Å². The highest BCUT2D eigenvalue weighted by Gasteiger charge is 2.10. The van der Waals surface area contributed by atoms with Gasteiger partial charge in [0.2, 0.25) is 0 Å². The summed E-state index contributed by atoms with van der Waals surface area (Å²) in [6, 6.07) is 6.61. The highest BCUT2D eigenvalue weighted by atomic mass is 14.8. The third-order valence-corrected chi connectivity index (χ3v) is 2.33. The summed E-state index contributed by atoms with van der Waals surface area (Å²) < 4.78 is 0. The molecule has 0 fully saturated rings. The Morgan fingerprint density at radius 3 is 2.92 bits per heavy atom. The van der Waals surface area contributed by atoms with E-state index in [-0.39, 0.29) is 0 Å². The normalized spacial score (nSPS) is 14.0. The molecule has 12 heavy (non-hydrogen) atoms. The van der Waals surface area contributed by atoms with Gasteiger partial charge in [-0.15, -0.1) is 0 Å². The number of benzene rings is 1. The molecule has 0 heterocycles. The van der Waals surface area contributed by atoms with Crippen molar-refractivity contribution in [2.75, 3.05) is 7.05 Å². The molecule has 1 aromatic carbocycles. The van der Waals surface area contributed by atoms with Crippen molar-refractivity contribution >= 4 is 6.08 Å². The first-order valence-electron chi connectivity index (χ1n) is 4.27. The van der Waals surface area contributed by atoms with Crippen LogP contribution in [0.3, 0.4) is 0 Å². The summed E-state index contributed by atoms with van der Waals surface area (Å²) in [5.41, 5.74) is 5.47. The van der Waals surface area contributed by atoms with Crippen molar-refractivity contribution in [1.29, 1.82) is 0 Å². The van der Waals surface area contributed by atoms with Gasteiger partial charge in [0.25, 0.3) is 0 Å². The molecule has 1 aromatic rings. The lowest BCUT2D eigenvalue weighted by atomic mass is 10.1. The minimum absolute atomic E-state index is 1.06. The molecule has 0 saturated heterocycles.